The van der Waals surface area contributed by atoms with Gasteiger partial charge in [0.25, 0.3) is 0 Å². The number of nitrogens with two attached hydrogens (primary N) is 1. The van der Waals surface area contributed by atoms with Crippen molar-refractivity contribution >= 4 is 22.3 Å². The van der Waals surface area contributed by atoms with Gasteiger partial charge in [0.1, 0.15) is 12.4 Å². The van der Waals surface area contributed by atoms with Gasteiger partial charge >= 0.3 is 0 Å². The summed E-state index contributed by atoms with van der Waals surface area (Å²) in [4.78, 5) is 0. The number of fused-ring (bicyclic) bond motifs is 1. The van der Waals surface area contributed by atoms with Gasteiger partial charge < -0.3 is 15.8 Å². The molecule has 5 nitrogen and oxygen atoms in total. The highest BCUT2D eigenvalue weighted by Gasteiger charge is 2.03. The molecule has 1 aromatic heterocycles. The minimum Gasteiger partial charge on any atom is -0.492 e. The molecule has 0 bridgehead atoms. The number of ether oxygens (including phenoxy) is 1. The topological polar surface area (TPSA) is 76.0 Å². The van der Waals surface area contributed by atoms with Crippen LogP contribution < -0.4 is 15.8 Å². The molecular formula is C16H18N4O. The van der Waals surface area contributed by atoms with Gasteiger partial charge in [-0.2, -0.15) is 5.10 Å². The van der Waals surface area contributed by atoms with Gasteiger partial charge in [-0.15, -0.1) is 0 Å². The lowest BCUT2D eigenvalue weighted by molar-refractivity contribution is 0.332. The molecule has 2 aromatic carbocycles. The van der Waals surface area contributed by atoms with Crippen LogP contribution in [0.1, 0.15) is 5.56 Å². The van der Waals surface area contributed by atoms with Crippen LogP contribution >= 0.6 is 0 Å². The molecular weight excluding hydrogens is 264 g/mol. The Morgan fingerprint density at radius 1 is 1.29 bits per heavy atom. The standard InChI is InChI=1S/C16H18N4O/c1-11-3-2-4-13(7-11)21-6-5-18-16-9-15-12(8-14(16)17)10-19-20-15/h2-4,7-10,18H,5-6,17H2,1H3,(H,19,20). The lowest BCUT2D eigenvalue weighted by Gasteiger charge is -2.11. The molecule has 4 N–H and O–H groups in total. The quantitative estimate of drug-likeness (QED) is 0.497. The maximum absolute atomic E-state index is 6.01. The van der Waals surface area contributed by atoms with Crippen LogP contribution in [-0.4, -0.2) is 23.3 Å². The normalized spacial score (nSPS) is 10.7. The lowest BCUT2D eigenvalue weighted by Crippen LogP contribution is -2.12. The van der Waals surface area contributed by atoms with E-state index < -0.39 is 0 Å². The Morgan fingerprint density at radius 3 is 3.05 bits per heavy atom. The van der Waals surface area contributed by atoms with Gasteiger partial charge in [0.2, 0.25) is 0 Å². The lowest BCUT2D eigenvalue weighted by atomic mass is 10.2. The molecule has 0 spiro atoms. The van der Waals surface area contributed by atoms with Gasteiger partial charge in [-0.1, -0.05) is 12.1 Å². The largest absolute Gasteiger partial charge is 0.492 e. The van der Waals surface area contributed by atoms with Crippen LogP contribution in [0.4, 0.5) is 11.4 Å². The Balaban J connectivity index is 1.58. The Bertz CT molecular complexity index is 751. The zero-order valence-electron chi connectivity index (χ0n) is 11.9. The zero-order chi connectivity index (χ0) is 14.7. The third-order valence-electron chi connectivity index (χ3n) is 3.29. The highest BCUT2D eigenvalue weighted by molar-refractivity contribution is 5.88. The van der Waals surface area contributed by atoms with Gasteiger partial charge in [0, 0.05) is 11.9 Å². The first-order chi connectivity index (χ1) is 10.2. The molecule has 0 unspecified atom stereocenters. The number of H-pyrrole nitrogens is 1. The van der Waals surface area contributed by atoms with Crippen LogP contribution in [0.3, 0.4) is 0 Å². The summed E-state index contributed by atoms with van der Waals surface area (Å²) in [7, 11) is 0. The van der Waals surface area contributed by atoms with E-state index in [2.05, 4.69) is 15.5 Å². The summed E-state index contributed by atoms with van der Waals surface area (Å²) < 4.78 is 5.70. The first kappa shape index (κ1) is 13.3. The van der Waals surface area contributed by atoms with Crippen LogP contribution in [0.2, 0.25) is 0 Å². The van der Waals surface area contributed by atoms with Gasteiger partial charge in [0.05, 0.1) is 23.1 Å². The molecule has 3 aromatic rings. The van der Waals surface area contributed by atoms with E-state index in [0.717, 1.165) is 22.3 Å². The summed E-state index contributed by atoms with van der Waals surface area (Å²) in [5.74, 6) is 0.883. The molecule has 0 fully saturated rings. The van der Waals surface area contributed by atoms with E-state index in [1.807, 2.05) is 43.3 Å². The minimum atomic E-state index is 0.573. The van der Waals surface area contributed by atoms with E-state index >= 15 is 0 Å². The summed E-state index contributed by atoms with van der Waals surface area (Å²) in [6.07, 6.45) is 1.76. The Hall–Kier alpha value is -2.69. The highest BCUT2D eigenvalue weighted by atomic mass is 16.5. The van der Waals surface area contributed by atoms with Crippen molar-refractivity contribution in [1.29, 1.82) is 0 Å². The van der Waals surface area contributed by atoms with Crippen molar-refractivity contribution in [1.82, 2.24) is 10.2 Å². The summed E-state index contributed by atoms with van der Waals surface area (Å²) in [5.41, 5.74) is 9.76. The molecule has 0 saturated carbocycles. The smallest absolute Gasteiger partial charge is 0.119 e. The fourth-order valence-electron chi connectivity index (χ4n) is 2.22. The van der Waals surface area contributed by atoms with Crippen molar-refractivity contribution in [2.75, 3.05) is 24.2 Å². The number of anilines is 2. The second kappa shape index (κ2) is 5.75. The number of aromatic amines is 1. The minimum absolute atomic E-state index is 0.573. The molecule has 0 amide bonds. The van der Waals surface area contributed by atoms with E-state index in [-0.39, 0.29) is 0 Å². The molecule has 0 aliphatic carbocycles. The van der Waals surface area contributed by atoms with Crippen LogP contribution in [0.15, 0.2) is 42.6 Å². The first-order valence-electron chi connectivity index (χ1n) is 6.88. The van der Waals surface area contributed by atoms with Crippen molar-refractivity contribution in [3.63, 3.8) is 0 Å². The van der Waals surface area contributed by atoms with Crippen molar-refractivity contribution in [2.45, 2.75) is 6.92 Å². The number of aromatic nitrogens is 2. The Morgan fingerprint density at radius 2 is 2.19 bits per heavy atom. The average Bonchev–Trinajstić information content (AvgIpc) is 2.90. The van der Waals surface area contributed by atoms with Crippen molar-refractivity contribution in [3.05, 3.63) is 48.2 Å². The fraction of sp³-hybridized carbons (Fsp3) is 0.188. The van der Waals surface area contributed by atoms with E-state index in [9.17, 15) is 0 Å². The maximum Gasteiger partial charge on any atom is 0.119 e. The molecule has 0 atom stereocenters. The third-order valence-corrected chi connectivity index (χ3v) is 3.29. The van der Waals surface area contributed by atoms with E-state index in [4.69, 9.17) is 10.5 Å². The molecule has 3 rings (SSSR count). The third kappa shape index (κ3) is 3.08. The van der Waals surface area contributed by atoms with Crippen LogP contribution in [0, 0.1) is 6.92 Å². The highest BCUT2D eigenvalue weighted by Crippen LogP contribution is 2.24. The number of aryl methyl sites for hydroxylation is 1. The zero-order valence-corrected chi connectivity index (χ0v) is 11.9. The summed E-state index contributed by atoms with van der Waals surface area (Å²) in [6.45, 7) is 3.30. The molecule has 0 saturated heterocycles. The van der Waals surface area contributed by atoms with Crippen LogP contribution in [0.5, 0.6) is 5.75 Å². The number of rotatable bonds is 5. The van der Waals surface area contributed by atoms with Crippen LogP contribution in [0.25, 0.3) is 10.9 Å². The predicted molar refractivity (Wildman–Crippen MR) is 85.7 cm³/mol. The van der Waals surface area contributed by atoms with Crippen molar-refractivity contribution in [3.8, 4) is 5.75 Å². The SMILES string of the molecule is Cc1cccc(OCCNc2cc3[nH]ncc3cc2N)c1. The van der Waals surface area contributed by atoms with E-state index in [0.29, 0.717) is 18.8 Å². The molecule has 5 heteroatoms. The fourth-order valence-corrected chi connectivity index (χ4v) is 2.22. The number of nitrogens with zero attached hydrogens (tertiary/aromatic N) is 1. The van der Waals surface area contributed by atoms with Gasteiger partial charge in [-0.25, -0.2) is 0 Å². The summed E-state index contributed by atoms with van der Waals surface area (Å²) >= 11 is 0. The molecule has 21 heavy (non-hydrogen) atoms. The number of hydrogen-bond donors (Lipinski definition) is 3. The molecule has 0 aliphatic rings. The van der Waals surface area contributed by atoms with Gasteiger partial charge in [-0.3, -0.25) is 5.10 Å². The molecule has 108 valence electrons. The van der Waals surface area contributed by atoms with Gasteiger partial charge in [0.15, 0.2) is 0 Å². The predicted octanol–water partition coefficient (Wildman–Crippen LogP) is 2.94. The van der Waals surface area contributed by atoms with Crippen molar-refractivity contribution in [2.24, 2.45) is 0 Å². The van der Waals surface area contributed by atoms with E-state index in [1.165, 1.54) is 5.56 Å². The first-order valence-corrected chi connectivity index (χ1v) is 6.88. The molecule has 0 radical (unpaired) electrons. The second-order valence-corrected chi connectivity index (χ2v) is 4.99. The van der Waals surface area contributed by atoms with Crippen LogP contribution in [-0.2, 0) is 0 Å². The van der Waals surface area contributed by atoms with Crippen molar-refractivity contribution < 1.29 is 4.74 Å². The number of benzene rings is 2. The molecule has 1 heterocycles. The average molecular weight is 282 g/mol. The van der Waals surface area contributed by atoms with Gasteiger partial charge in [-0.05, 0) is 36.8 Å². The number of nitrogens with one attached hydrogen (secondary N) is 2. The second-order valence-electron chi connectivity index (χ2n) is 4.99. The number of hydrogen-bond acceptors (Lipinski definition) is 4. The Kier molecular flexibility index (Phi) is 3.64. The monoisotopic (exact) mass is 282 g/mol. The Labute approximate surface area is 123 Å². The summed E-state index contributed by atoms with van der Waals surface area (Å²) in [6, 6.07) is 11.9. The van der Waals surface area contributed by atoms with E-state index in [1.54, 1.807) is 6.20 Å². The molecule has 0 aliphatic heterocycles. The summed E-state index contributed by atoms with van der Waals surface area (Å²) in [5, 5.41) is 11.2. The maximum atomic E-state index is 6.01. The number of nitrogen functional groups attached to an aromatic ring is 1.